The number of benzene rings is 1. The highest BCUT2D eigenvalue weighted by atomic mass is 32.1. The molecular formula is C59H66N14O6S. The molecule has 21 heteroatoms. The molecule has 0 bridgehead atoms. The molecule has 2 aliphatic heterocycles. The number of thiophene rings is 1. The number of rotatable bonds is 15. The van der Waals surface area contributed by atoms with E-state index in [0.29, 0.717) is 40.3 Å². The van der Waals surface area contributed by atoms with Gasteiger partial charge < -0.3 is 40.0 Å². The minimum absolute atomic E-state index is 0.0496. The molecule has 80 heavy (non-hydrogen) atoms. The zero-order valence-corrected chi connectivity index (χ0v) is 46.4. The summed E-state index contributed by atoms with van der Waals surface area (Å²) in [5.41, 5.74) is 11.9. The summed E-state index contributed by atoms with van der Waals surface area (Å²) in [6.07, 6.45) is 16.4. The van der Waals surface area contributed by atoms with Crippen LogP contribution in [-0.2, 0) is 27.8 Å². The summed E-state index contributed by atoms with van der Waals surface area (Å²) >= 11 is 1.51. The first-order chi connectivity index (χ1) is 38.7. The maximum Gasteiger partial charge on any atom is 0.248 e. The van der Waals surface area contributed by atoms with Gasteiger partial charge in [-0.1, -0.05) is 61.5 Å². The molecule has 414 valence electrons. The highest BCUT2D eigenvalue weighted by Gasteiger charge is 2.50. The first-order valence-corrected chi connectivity index (χ1v) is 28.7. The maximum absolute atomic E-state index is 14.7. The Kier molecular flexibility index (Phi) is 14.2. The van der Waals surface area contributed by atoms with Gasteiger partial charge in [-0.3, -0.25) is 14.6 Å². The van der Waals surface area contributed by atoms with E-state index in [1.165, 1.54) is 22.6 Å². The predicted molar refractivity (Wildman–Crippen MR) is 296 cm³/mol. The molecule has 5 aliphatic rings. The predicted octanol–water partition coefficient (Wildman–Crippen LogP) is 8.31. The van der Waals surface area contributed by atoms with Crippen LogP contribution in [0.15, 0.2) is 84.2 Å². The number of fused-ring (bicyclic) bond motifs is 4. The highest BCUT2D eigenvalue weighted by molar-refractivity contribution is 7.16. The number of amides is 2. The number of aliphatic hydroxyl groups is 1. The molecule has 1 saturated carbocycles. The summed E-state index contributed by atoms with van der Waals surface area (Å²) in [5.74, 6) is 1.67. The summed E-state index contributed by atoms with van der Waals surface area (Å²) in [6, 6.07) is 15.8. The van der Waals surface area contributed by atoms with E-state index in [2.05, 4.69) is 46.7 Å². The second kappa shape index (κ2) is 21.4. The van der Waals surface area contributed by atoms with Crippen LogP contribution in [0.2, 0.25) is 0 Å². The number of nitrogens with zero attached hydrogens (tertiary/aromatic N) is 12. The first kappa shape index (κ1) is 53.0. The van der Waals surface area contributed by atoms with Crippen molar-refractivity contribution in [3.63, 3.8) is 0 Å². The summed E-state index contributed by atoms with van der Waals surface area (Å²) in [6.45, 7) is 11.0. The number of ether oxygens (including phenoxy) is 2. The minimum atomic E-state index is -0.845. The van der Waals surface area contributed by atoms with E-state index in [4.69, 9.17) is 29.7 Å². The SMILES string of the molecule is C[C@H](NC(=O)[C@@H]1C[C@@H](O)CN1C(=O)[C@@H](n1cc(C2CCN(CC3(COc4cc(Oc5cncnc5)nc(-c5noc6c5CCC[C@@]65CCCc6sc(N)c(C#N)c65)n4)CC3)CC2)nn1)C(C)(C)C)c1ccc(-c2ccccn2)cc1. The fraction of sp³-hybridized carbons (Fsp3) is 0.475. The van der Waals surface area contributed by atoms with Crippen molar-refractivity contribution < 1.29 is 28.7 Å². The Balaban J connectivity index is 0.695. The number of likely N-dealkylation sites (tertiary alicyclic amines) is 2. The Hall–Kier alpha value is -7.67. The zero-order valence-electron chi connectivity index (χ0n) is 45.5. The van der Waals surface area contributed by atoms with Crippen LogP contribution in [0.5, 0.6) is 17.5 Å². The van der Waals surface area contributed by atoms with Gasteiger partial charge in [-0.05, 0) is 113 Å². The van der Waals surface area contributed by atoms with Crippen molar-refractivity contribution in [2.24, 2.45) is 10.8 Å². The molecule has 1 spiro atoms. The average molecular weight is 1100 g/mol. The molecule has 7 aromatic rings. The third-order valence-electron chi connectivity index (χ3n) is 17.0. The number of anilines is 1. The van der Waals surface area contributed by atoms with Crippen LogP contribution in [0.1, 0.15) is 142 Å². The second-order valence-corrected chi connectivity index (χ2v) is 24.8. The number of nitrogens with two attached hydrogens (primary N) is 1. The number of nitrogen functional groups attached to an aromatic ring is 1. The molecule has 3 aliphatic carbocycles. The van der Waals surface area contributed by atoms with E-state index in [9.17, 15) is 20.0 Å². The van der Waals surface area contributed by atoms with Crippen LogP contribution in [-0.4, -0.2) is 117 Å². The molecule has 1 aromatic carbocycles. The van der Waals surface area contributed by atoms with Gasteiger partial charge in [0.2, 0.25) is 23.6 Å². The number of aromatic nitrogens is 9. The topological polar surface area (TPSA) is 262 Å². The minimum Gasteiger partial charge on any atom is -0.477 e. The van der Waals surface area contributed by atoms with E-state index >= 15 is 0 Å². The van der Waals surface area contributed by atoms with Crippen molar-refractivity contribution in [2.75, 3.05) is 38.5 Å². The molecule has 0 unspecified atom stereocenters. The molecule has 6 aromatic heterocycles. The quantitative estimate of drug-likeness (QED) is 0.0871. The zero-order chi connectivity index (χ0) is 55.3. The summed E-state index contributed by atoms with van der Waals surface area (Å²) in [5, 5.41) is 38.7. The van der Waals surface area contributed by atoms with Gasteiger partial charge >= 0.3 is 0 Å². The average Bonchev–Trinajstić information content (AvgIpc) is 3.93. The molecule has 20 nitrogen and oxygen atoms in total. The van der Waals surface area contributed by atoms with Crippen LogP contribution < -0.4 is 20.5 Å². The molecule has 2 amide bonds. The van der Waals surface area contributed by atoms with E-state index in [-0.39, 0.29) is 48.0 Å². The van der Waals surface area contributed by atoms with Gasteiger partial charge in [-0.25, -0.2) is 14.6 Å². The largest absolute Gasteiger partial charge is 0.477 e. The smallest absolute Gasteiger partial charge is 0.248 e. The Bertz CT molecular complexity index is 3430. The molecule has 0 radical (unpaired) electrons. The number of hydrogen-bond acceptors (Lipinski definition) is 18. The normalized spacial score (nSPS) is 21.5. The van der Waals surface area contributed by atoms with Crippen molar-refractivity contribution >= 4 is 28.2 Å². The Morgan fingerprint density at radius 2 is 1.79 bits per heavy atom. The number of carbonyl (C=O) groups excluding carboxylic acids is 2. The van der Waals surface area contributed by atoms with E-state index < -0.39 is 29.0 Å². The fourth-order valence-corrected chi connectivity index (χ4v) is 13.9. The lowest BCUT2D eigenvalue weighted by molar-refractivity contribution is -0.144. The molecule has 8 heterocycles. The number of piperidine rings is 1. The van der Waals surface area contributed by atoms with Crippen molar-refractivity contribution in [3.8, 4) is 46.4 Å². The molecule has 2 saturated heterocycles. The maximum atomic E-state index is 14.7. The third-order valence-corrected chi connectivity index (χ3v) is 18.1. The number of pyridine rings is 1. The number of β-amino-alcohol motifs (C(OH)–C–C–N with tert-alkyl or cyclic N) is 1. The first-order valence-electron chi connectivity index (χ1n) is 27.9. The monoisotopic (exact) mass is 1100 g/mol. The van der Waals surface area contributed by atoms with E-state index in [1.807, 2.05) is 76.4 Å². The second-order valence-electron chi connectivity index (χ2n) is 23.6. The van der Waals surface area contributed by atoms with Crippen LogP contribution in [0.25, 0.3) is 22.8 Å². The van der Waals surface area contributed by atoms with Crippen molar-refractivity contribution in [1.82, 2.24) is 60.2 Å². The number of aliphatic hydroxyl groups excluding tert-OH is 1. The van der Waals surface area contributed by atoms with Crippen LogP contribution >= 0.6 is 11.3 Å². The van der Waals surface area contributed by atoms with Crippen LogP contribution in [0.4, 0.5) is 5.00 Å². The molecular weight excluding hydrogens is 1030 g/mol. The lowest BCUT2D eigenvalue weighted by Crippen LogP contribution is -2.50. The number of aryl methyl sites for hydroxylation is 1. The van der Waals surface area contributed by atoms with Gasteiger partial charge in [-0.2, -0.15) is 15.2 Å². The van der Waals surface area contributed by atoms with E-state index in [1.54, 1.807) is 29.3 Å². The Labute approximate surface area is 468 Å². The van der Waals surface area contributed by atoms with Gasteiger partial charge in [0, 0.05) is 59.2 Å². The third kappa shape index (κ3) is 10.4. The Morgan fingerprint density at radius 1 is 1.02 bits per heavy atom. The van der Waals surface area contributed by atoms with Gasteiger partial charge in [0.15, 0.2) is 23.0 Å². The number of nitriles is 1. The lowest BCUT2D eigenvalue weighted by atomic mass is 9.63. The van der Waals surface area contributed by atoms with Crippen molar-refractivity contribution in [3.05, 3.63) is 118 Å². The lowest BCUT2D eigenvalue weighted by Gasteiger charge is -2.39. The van der Waals surface area contributed by atoms with Gasteiger partial charge in [0.05, 0.1) is 59.6 Å². The summed E-state index contributed by atoms with van der Waals surface area (Å²) < 4.78 is 20.8. The fourth-order valence-electron chi connectivity index (χ4n) is 12.7. The highest BCUT2D eigenvalue weighted by Crippen LogP contribution is 2.55. The van der Waals surface area contributed by atoms with Crippen LogP contribution in [0.3, 0.4) is 0 Å². The number of hydrogen-bond donors (Lipinski definition) is 3. The molecule has 12 rings (SSSR count). The summed E-state index contributed by atoms with van der Waals surface area (Å²) in [7, 11) is 0. The standard InChI is InChI=1S/C59H66N14O6S/c1-35(36-12-14-37(15-13-36)43-10-5-6-22-64-43)65-55(75)45-25-39(74)30-72(45)56(76)51(57(2,3)4)73-31-44(68-70-73)38-16-23-71(24-17-38)32-58(20-21-58)33-77-47-26-48(78-40-28-62-34-63-29-40)67-54(66-47)50-41-9-7-18-59(52(41)79-69-50)19-8-11-46-49(59)42(27-60)53(61)80-46/h5-6,10,12-15,22,26,28-29,31,34-35,38-39,45,51,74H,7-9,11,16-21,23-25,30,32-33,61H2,1-4H3,(H,65,75)/t35-,39+,45-,51+,59-/m0/s1. The van der Waals surface area contributed by atoms with Crippen molar-refractivity contribution in [1.29, 1.82) is 5.26 Å². The van der Waals surface area contributed by atoms with Gasteiger partial charge in [0.1, 0.15) is 29.5 Å². The van der Waals surface area contributed by atoms with Gasteiger partial charge in [-0.15, -0.1) is 16.4 Å². The molecule has 3 fully saturated rings. The summed E-state index contributed by atoms with van der Waals surface area (Å²) in [4.78, 5) is 56.3. The Morgan fingerprint density at radius 3 is 2.51 bits per heavy atom. The molecule has 5 atom stereocenters. The van der Waals surface area contributed by atoms with Crippen LogP contribution in [0, 0.1) is 22.2 Å². The molecule has 4 N–H and O–H groups in total. The number of carbonyl (C=O) groups is 2. The van der Waals surface area contributed by atoms with E-state index in [0.717, 1.165) is 128 Å². The number of nitrogens with one attached hydrogen (secondary N) is 1. The van der Waals surface area contributed by atoms with Crippen molar-refractivity contribution in [2.45, 2.75) is 134 Å². The van der Waals surface area contributed by atoms with Gasteiger partial charge in [0.25, 0.3) is 0 Å².